The second-order valence-electron chi connectivity index (χ2n) is 5.54. The van der Waals surface area contributed by atoms with E-state index in [0.717, 1.165) is 0 Å². The number of fused-ring (bicyclic) bond motifs is 1. The Morgan fingerprint density at radius 1 is 1.04 bits per heavy atom. The summed E-state index contributed by atoms with van der Waals surface area (Å²) < 4.78 is 38.4. The molecule has 0 spiro atoms. The Hall–Kier alpha value is -2.74. The minimum Gasteiger partial charge on any atom is -0.486 e. The first-order valence-corrected chi connectivity index (χ1v) is 9.12. The maximum atomic E-state index is 12.5. The van der Waals surface area contributed by atoms with Gasteiger partial charge in [0.05, 0.1) is 10.6 Å². The van der Waals surface area contributed by atoms with Gasteiger partial charge in [0.25, 0.3) is 10.0 Å². The molecule has 0 fully saturated rings. The Morgan fingerprint density at radius 2 is 1.68 bits per heavy atom. The van der Waals surface area contributed by atoms with Gasteiger partial charge in [-0.3, -0.25) is 9.52 Å². The molecule has 2 aromatic carbocycles. The summed E-state index contributed by atoms with van der Waals surface area (Å²) in [6.45, 7) is 2.33. The molecular weight excluding hydrogens is 344 g/mol. The molecule has 7 nitrogen and oxygen atoms in total. The second-order valence-corrected chi connectivity index (χ2v) is 7.22. The second kappa shape index (κ2) is 6.64. The molecule has 0 saturated carbocycles. The molecule has 2 aromatic rings. The van der Waals surface area contributed by atoms with Crippen LogP contribution in [0, 0.1) is 0 Å². The van der Waals surface area contributed by atoms with Crippen molar-refractivity contribution < 1.29 is 22.7 Å². The van der Waals surface area contributed by atoms with Gasteiger partial charge < -0.3 is 14.4 Å². The predicted molar refractivity (Wildman–Crippen MR) is 93.8 cm³/mol. The zero-order valence-corrected chi connectivity index (χ0v) is 14.7. The molecule has 0 radical (unpaired) electrons. The van der Waals surface area contributed by atoms with E-state index in [4.69, 9.17) is 9.47 Å². The fourth-order valence-corrected chi connectivity index (χ4v) is 3.40. The lowest BCUT2D eigenvalue weighted by atomic mass is 10.3. The van der Waals surface area contributed by atoms with Gasteiger partial charge in [-0.25, -0.2) is 8.42 Å². The van der Waals surface area contributed by atoms with Gasteiger partial charge in [-0.15, -0.1) is 0 Å². The van der Waals surface area contributed by atoms with Crippen LogP contribution in [0.5, 0.6) is 11.5 Å². The Balaban J connectivity index is 1.81. The zero-order chi connectivity index (χ0) is 18.0. The van der Waals surface area contributed by atoms with Crippen molar-refractivity contribution in [1.29, 1.82) is 0 Å². The molecule has 8 heteroatoms. The van der Waals surface area contributed by atoms with E-state index in [0.29, 0.717) is 36.1 Å². The predicted octanol–water partition coefficient (Wildman–Crippen LogP) is 2.24. The summed E-state index contributed by atoms with van der Waals surface area (Å²) in [7, 11) is -2.13. The lowest BCUT2D eigenvalue weighted by Gasteiger charge is -2.19. The van der Waals surface area contributed by atoms with Gasteiger partial charge in [-0.2, -0.15) is 0 Å². The van der Waals surface area contributed by atoms with E-state index >= 15 is 0 Å². The Kier molecular flexibility index (Phi) is 4.54. The van der Waals surface area contributed by atoms with Crippen LogP contribution in [0.4, 0.5) is 11.4 Å². The number of carbonyl (C=O) groups is 1. The van der Waals surface area contributed by atoms with E-state index in [-0.39, 0.29) is 10.8 Å². The van der Waals surface area contributed by atoms with E-state index < -0.39 is 10.0 Å². The van der Waals surface area contributed by atoms with Gasteiger partial charge in [-0.05, 0) is 36.4 Å². The van der Waals surface area contributed by atoms with Crippen molar-refractivity contribution in [3.63, 3.8) is 0 Å². The third-order valence-corrected chi connectivity index (χ3v) is 5.20. The average molecular weight is 362 g/mol. The van der Waals surface area contributed by atoms with Crippen LogP contribution in [-0.4, -0.2) is 34.6 Å². The summed E-state index contributed by atoms with van der Waals surface area (Å²) in [6.07, 6.45) is 0. The smallest absolute Gasteiger partial charge is 0.261 e. The lowest BCUT2D eigenvalue weighted by Crippen LogP contribution is -2.22. The quantitative estimate of drug-likeness (QED) is 0.902. The molecule has 1 N–H and O–H groups in total. The third kappa shape index (κ3) is 3.69. The normalized spacial score (nSPS) is 13.2. The van der Waals surface area contributed by atoms with Crippen molar-refractivity contribution in [2.75, 3.05) is 29.9 Å². The number of carbonyl (C=O) groups excluding carboxylic acids is 1. The van der Waals surface area contributed by atoms with Gasteiger partial charge in [0.15, 0.2) is 11.5 Å². The van der Waals surface area contributed by atoms with Crippen LogP contribution < -0.4 is 19.1 Å². The average Bonchev–Trinajstić information content (AvgIpc) is 2.60. The Bertz CT molecular complexity index is 894. The van der Waals surface area contributed by atoms with Crippen LogP contribution in [-0.2, 0) is 14.8 Å². The molecule has 0 unspecified atom stereocenters. The summed E-state index contributed by atoms with van der Waals surface area (Å²) in [5.41, 5.74) is 1.000. The molecule has 1 aliphatic heterocycles. The fraction of sp³-hybridized carbons (Fsp3) is 0.235. The highest BCUT2D eigenvalue weighted by molar-refractivity contribution is 7.92. The van der Waals surface area contributed by atoms with Crippen LogP contribution in [0.25, 0.3) is 0 Å². The standard InChI is InChI=1S/C17H18N2O5S/c1-12(20)19(2)14-4-6-15(7-5-14)25(21,22)18-13-3-8-16-17(11-13)24-10-9-23-16/h3-8,11,18H,9-10H2,1-2H3. The molecule has 0 aliphatic carbocycles. The number of amides is 1. The largest absolute Gasteiger partial charge is 0.486 e. The molecule has 0 bridgehead atoms. The SMILES string of the molecule is CC(=O)N(C)c1ccc(S(=O)(=O)Nc2ccc3c(c2)OCCO3)cc1. The highest BCUT2D eigenvalue weighted by Gasteiger charge is 2.18. The molecule has 25 heavy (non-hydrogen) atoms. The maximum absolute atomic E-state index is 12.5. The highest BCUT2D eigenvalue weighted by Crippen LogP contribution is 2.33. The van der Waals surface area contributed by atoms with Gasteiger partial charge in [-0.1, -0.05) is 0 Å². The third-order valence-electron chi connectivity index (χ3n) is 3.80. The van der Waals surface area contributed by atoms with Crippen LogP contribution in [0.15, 0.2) is 47.4 Å². The number of ether oxygens (including phenoxy) is 2. The highest BCUT2D eigenvalue weighted by atomic mass is 32.2. The van der Waals surface area contributed by atoms with Gasteiger partial charge in [0.1, 0.15) is 13.2 Å². The van der Waals surface area contributed by atoms with Crippen molar-refractivity contribution in [1.82, 2.24) is 0 Å². The summed E-state index contributed by atoms with van der Waals surface area (Å²) >= 11 is 0. The van der Waals surface area contributed by atoms with Crippen LogP contribution in [0.1, 0.15) is 6.92 Å². The number of nitrogens with one attached hydrogen (secondary N) is 1. The number of nitrogens with zero attached hydrogens (tertiary/aromatic N) is 1. The van der Waals surface area contributed by atoms with Crippen molar-refractivity contribution in [3.05, 3.63) is 42.5 Å². The van der Waals surface area contributed by atoms with Gasteiger partial charge in [0, 0.05) is 25.7 Å². The number of hydrogen-bond acceptors (Lipinski definition) is 5. The Labute approximate surface area is 146 Å². The summed E-state index contributed by atoms with van der Waals surface area (Å²) in [6, 6.07) is 10.9. The monoisotopic (exact) mass is 362 g/mol. The number of sulfonamides is 1. The van der Waals surface area contributed by atoms with E-state index in [2.05, 4.69) is 4.72 Å². The topological polar surface area (TPSA) is 84.9 Å². The van der Waals surface area contributed by atoms with E-state index in [1.165, 1.54) is 24.0 Å². The van der Waals surface area contributed by atoms with Crippen molar-refractivity contribution in [2.45, 2.75) is 11.8 Å². The molecule has 0 atom stereocenters. The van der Waals surface area contributed by atoms with E-state index in [1.54, 1.807) is 37.4 Å². The molecule has 1 aliphatic rings. The summed E-state index contributed by atoms with van der Waals surface area (Å²) in [5, 5.41) is 0. The first-order chi connectivity index (χ1) is 11.9. The molecule has 1 amide bonds. The lowest BCUT2D eigenvalue weighted by molar-refractivity contribution is -0.116. The van der Waals surface area contributed by atoms with Crippen LogP contribution in [0.3, 0.4) is 0 Å². The van der Waals surface area contributed by atoms with Crippen molar-refractivity contribution in [3.8, 4) is 11.5 Å². The first-order valence-electron chi connectivity index (χ1n) is 7.64. The maximum Gasteiger partial charge on any atom is 0.261 e. The van der Waals surface area contributed by atoms with Crippen LogP contribution >= 0.6 is 0 Å². The fourth-order valence-electron chi connectivity index (χ4n) is 2.35. The number of rotatable bonds is 4. The molecule has 0 aromatic heterocycles. The number of anilines is 2. The van der Waals surface area contributed by atoms with E-state index in [9.17, 15) is 13.2 Å². The first kappa shape index (κ1) is 17.1. The summed E-state index contributed by atoms with van der Waals surface area (Å²) in [5.74, 6) is 0.959. The van der Waals surface area contributed by atoms with Crippen molar-refractivity contribution >= 4 is 27.3 Å². The minimum atomic E-state index is -3.75. The number of benzene rings is 2. The van der Waals surface area contributed by atoms with E-state index in [1.807, 2.05) is 0 Å². The minimum absolute atomic E-state index is 0.100. The molecule has 1 heterocycles. The molecular formula is C17H18N2O5S. The van der Waals surface area contributed by atoms with Crippen LogP contribution in [0.2, 0.25) is 0 Å². The van der Waals surface area contributed by atoms with Gasteiger partial charge in [0.2, 0.25) is 5.91 Å². The molecule has 132 valence electrons. The number of hydrogen-bond donors (Lipinski definition) is 1. The Morgan fingerprint density at radius 3 is 2.32 bits per heavy atom. The van der Waals surface area contributed by atoms with Crippen molar-refractivity contribution in [2.24, 2.45) is 0 Å². The molecule has 3 rings (SSSR count). The van der Waals surface area contributed by atoms with Gasteiger partial charge >= 0.3 is 0 Å². The summed E-state index contributed by atoms with van der Waals surface area (Å²) in [4.78, 5) is 12.9. The zero-order valence-electron chi connectivity index (χ0n) is 13.9. The molecule has 0 saturated heterocycles.